The van der Waals surface area contributed by atoms with E-state index < -0.39 is 6.09 Å². The van der Waals surface area contributed by atoms with Crippen LogP contribution in [0.1, 0.15) is 12.6 Å². The van der Waals surface area contributed by atoms with E-state index in [2.05, 4.69) is 9.88 Å². The maximum absolute atomic E-state index is 11.0. The van der Waals surface area contributed by atoms with Gasteiger partial charge in [-0.25, -0.2) is 9.78 Å². The average molecular weight is 270 g/mol. The second-order valence-corrected chi connectivity index (χ2v) is 4.99. The molecule has 1 amide bonds. The molecule has 0 spiro atoms. The molecule has 1 aromatic heterocycles. The molecule has 0 aromatic carbocycles. The molecule has 98 valence electrons. The van der Waals surface area contributed by atoms with Crippen molar-refractivity contribution in [3.63, 3.8) is 0 Å². The number of nitrogens with zero attached hydrogens (tertiary/aromatic N) is 3. The minimum absolute atomic E-state index is 0.0441. The molecule has 2 rings (SSSR count). The third-order valence-electron chi connectivity index (χ3n) is 3.10. The lowest BCUT2D eigenvalue weighted by atomic mass is 10.2. The van der Waals surface area contributed by atoms with Gasteiger partial charge in [-0.05, 0) is 26.0 Å². The largest absolute Gasteiger partial charge is 0.465 e. The molecular weight excluding hydrogens is 254 g/mol. The maximum atomic E-state index is 11.0. The van der Waals surface area contributed by atoms with Crippen LogP contribution < -0.4 is 4.90 Å². The predicted octanol–water partition coefficient (Wildman–Crippen LogP) is 2.23. The van der Waals surface area contributed by atoms with Gasteiger partial charge in [-0.1, -0.05) is 11.6 Å². The Morgan fingerprint density at radius 2 is 2.22 bits per heavy atom. The molecule has 0 aliphatic carbocycles. The maximum Gasteiger partial charge on any atom is 0.407 e. The molecule has 0 radical (unpaired) electrons. The molecule has 1 atom stereocenters. The molecule has 1 fully saturated rings. The van der Waals surface area contributed by atoms with Crippen LogP contribution >= 0.6 is 11.6 Å². The van der Waals surface area contributed by atoms with Crippen LogP contribution in [-0.4, -0.2) is 46.8 Å². The topological polar surface area (TPSA) is 56.7 Å². The van der Waals surface area contributed by atoms with Crippen LogP contribution in [0.2, 0.25) is 5.02 Å². The summed E-state index contributed by atoms with van der Waals surface area (Å²) in [5, 5.41) is 9.68. The fourth-order valence-electron chi connectivity index (χ4n) is 2.22. The number of amides is 1. The van der Waals surface area contributed by atoms with Crippen LogP contribution in [-0.2, 0) is 0 Å². The fourth-order valence-corrected chi connectivity index (χ4v) is 2.48. The van der Waals surface area contributed by atoms with E-state index in [-0.39, 0.29) is 6.04 Å². The molecule has 1 unspecified atom stereocenters. The van der Waals surface area contributed by atoms with E-state index in [1.165, 1.54) is 4.90 Å². The van der Waals surface area contributed by atoms with E-state index >= 15 is 0 Å². The third kappa shape index (κ3) is 2.67. The number of hydrogen-bond acceptors (Lipinski definition) is 3. The zero-order valence-corrected chi connectivity index (χ0v) is 11.2. The highest BCUT2D eigenvalue weighted by Gasteiger charge is 2.27. The summed E-state index contributed by atoms with van der Waals surface area (Å²) in [7, 11) is 0. The molecule has 1 aliphatic heterocycles. The first-order valence-electron chi connectivity index (χ1n) is 5.86. The van der Waals surface area contributed by atoms with Crippen molar-refractivity contribution in [2.45, 2.75) is 19.9 Å². The summed E-state index contributed by atoms with van der Waals surface area (Å²) >= 11 is 6.01. The molecule has 5 nitrogen and oxygen atoms in total. The highest BCUT2D eigenvalue weighted by atomic mass is 35.5. The van der Waals surface area contributed by atoms with Crippen molar-refractivity contribution in [2.24, 2.45) is 0 Å². The number of aromatic nitrogens is 1. The van der Waals surface area contributed by atoms with Gasteiger partial charge >= 0.3 is 6.09 Å². The fraction of sp³-hybridized carbons (Fsp3) is 0.500. The van der Waals surface area contributed by atoms with Crippen LogP contribution in [0, 0.1) is 6.92 Å². The van der Waals surface area contributed by atoms with Crippen LogP contribution in [0.3, 0.4) is 0 Å². The lowest BCUT2D eigenvalue weighted by Crippen LogP contribution is -2.54. The Labute approximate surface area is 111 Å². The van der Waals surface area contributed by atoms with E-state index in [9.17, 15) is 4.79 Å². The van der Waals surface area contributed by atoms with Gasteiger partial charge in [0.25, 0.3) is 0 Å². The summed E-state index contributed by atoms with van der Waals surface area (Å²) in [5.41, 5.74) is 0.866. The monoisotopic (exact) mass is 269 g/mol. The van der Waals surface area contributed by atoms with E-state index in [0.29, 0.717) is 24.7 Å². The number of carbonyl (C=O) groups is 1. The minimum Gasteiger partial charge on any atom is -0.465 e. The SMILES string of the molecule is Cc1cc(Cl)cc(N2CCN(C(=O)O)C(C)C2)n1. The van der Waals surface area contributed by atoms with E-state index in [1.54, 1.807) is 0 Å². The number of pyridine rings is 1. The van der Waals surface area contributed by atoms with E-state index in [0.717, 1.165) is 11.5 Å². The van der Waals surface area contributed by atoms with E-state index in [4.69, 9.17) is 16.7 Å². The normalized spacial score (nSPS) is 20.1. The zero-order valence-electron chi connectivity index (χ0n) is 10.4. The van der Waals surface area contributed by atoms with Gasteiger partial charge in [0.1, 0.15) is 5.82 Å². The molecular formula is C12H16ClN3O2. The van der Waals surface area contributed by atoms with Gasteiger partial charge in [0, 0.05) is 36.4 Å². The molecule has 18 heavy (non-hydrogen) atoms. The lowest BCUT2D eigenvalue weighted by molar-refractivity contribution is 0.122. The lowest BCUT2D eigenvalue weighted by Gasteiger charge is -2.38. The number of hydrogen-bond donors (Lipinski definition) is 1. The first-order chi connectivity index (χ1) is 8.47. The van der Waals surface area contributed by atoms with E-state index in [1.807, 2.05) is 26.0 Å². The molecule has 1 saturated heterocycles. The van der Waals surface area contributed by atoms with Crippen molar-refractivity contribution in [3.05, 3.63) is 22.8 Å². The Morgan fingerprint density at radius 1 is 1.50 bits per heavy atom. The molecule has 0 bridgehead atoms. The number of halogens is 1. The number of anilines is 1. The van der Waals surface area contributed by atoms with Crippen molar-refractivity contribution in [3.8, 4) is 0 Å². The Kier molecular flexibility index (Phi) is 3.61. The Morgan fingerprint density at radius 3 is 2.78 bits per heavy atom. The smallest absolute Gasteiger partial charge is 0.407 e. The van der Waals surface area contributed by atoms with Gasteiger partial charge in [-0.3, -0.25) is 0 Å². The molecule has 1 aliphatic rings. The predicted molar refractivity (Wildman–Crippen MR) is 70.4 cm³/mol. The quantitative estimate of drug-likeness (QED) is 0.849. The second kappa shape index (κ2) is 5.02. The Bertz CT molecular complexity index is 446. The van der Waals surface area contributed by atoms with Crippen LogP contribution in [0.15, 0.2) is 12.1 Å². The van der Waals surface area contributed by atoms with Crippen molar-refractivity contribution < 1.29 is 9.90 Å². The highest BCUT2D eigenvalue weighted by molar-refractivity contribution is 6.30. The second-order valence-electron chi connectivity index (χ2n) is 4.56. The average Bonchev–Trinajstić information content (AvgIpc) is 2.26. The van der Waals surface area contributed by atoms with Crippen LogP contribution in [0.25, 0.3) is 0 Å². The minimum atomic E-state index is -0.864. The summed E-state index contributed by atoms with van der Waals surface area (Å²) in [6.45, 7) is 5.57. The van der Waals surface area contributed by atoms with Gasteiger partial charge in [0.15, 0.2) is 0 Å². The Hall–Kier alpha value is -1.49. The molecule has 1 N–H and O–H groups in total. The standard InChI is InChI=1S/C12H16ClN3O2/c1-8-5-10(13)6-11(14-8)15-3-4-16(12(17)18)9(2)7-15/h5-6,9H,3-4,7H2,1-2H3,(H,17,18). The first kappa shape index (κ1) is 13.0. The number of carboxylic acid groups (broad SMARTS) is 1. The summed E-state index contributed by atoms with van der Waals surface area (Å²) in [4.78, 5) is 18.9. The number of rotatable bonds is 1. The summed E-state index contributed by atoms with van der Waals surface area (Å²) in [5.74, 6) is 0.817. The highest BCUT2D eigenvalue weighted by Crippen LogP contribution is 2.21. The van der Waals surface area contributed by atoms with Gasteiger partial charge in [0.2, 0.25) is 0 Å². The first-order valence-corrected chi connectivity index (χ1v) is 6.24. The van der Waals surface area contributed by atoms with Gasteiger partial charge < -0.3 is 14.9 Å². The van der Waals surface area contributed by atoms with Gasteiger partial charge in [-0.2, -0.15) is 0 Å². The summed E-state index contributed by atoms with van der Waals surface area (Å²) in [6, 6.07) is 3.58. The summed E-state index contributed by atoms with van der Waals surface area (Å²) < 4.78 is 0. The molecule has 1 aromatic rings. The molecule has 6 heteroatoms. The van der Waals surface area contributed by atoms with Crippen molar-refractivity contribution >= 4 is 23.5 Å². The van der Waals surface area contributed by atoms with Gasteiger partial charge in [0.05, 0.1) is 0 Å². The van der Waals surface area contributed by atoms with Crippen molar-refractivity contribution in [1.29, 1.82) is 0 Å². The van der Waals surface area contributed by atoms with Gasteiger partial charge in [-0.15, -0.1) is 0 Å². The number of aryl methyl sites for hydroxylation is 1. The summed E-state index contributed by atoms with van der Waals surface area (Å²) in [6.07, 6.45) is -0.864. The Balaban J connectivity index is 2.14. The molecule has 2 heterocycles. The van der Waals surface area contributed by atoms with Crippen molar-refractivity contribution in [2.75, 3.05) is 24.5 Å². The molecule has 0 saturated carbocycles. The third-order valence-corrected chi connectivity index (χ3v) is 3.32. The zero-order chi connectivity index (χ0) is 13.3. The van der Waals surface area contributed by atoms with Crippen LogP contribution in [0.5, 0.6) is 0 Å². The number of piperazine rings is 1. The van der Waals surface area contributed by atoms with Crippen molar-refractivity contribution in [1.82, 2.24) is 9.88 Å². The van der Waals surface area contributed by atoms with Crippen LogP contribution in [0.4, 0.5) is 10.6 Å².